The van der Waals surface area contributed by atoms with Crippen molar-refractivity contribution in [1.82, 2.24) is 0 Å². The van der Waals surface area contributed by atoms with E-state index in [4.69, 9.17) is 18.6 Å². The van der Waals surface area contributed by atoms with E-state index in [1.54, 1.807) is 18.2 Å². The van der Waals surface area contributed by atoms with Crippen molar-refractivity contribution < 1.29 is 49.0 Å². The van der Waals surface area contributed by atoms with Gasteiger partial charge in [-0.05, 0) is 24.3 Å². The molecule has 4 rings (SSSR count). The number of hydrogen-bond acceptors (Lipinski definition) is 11. The molecule has 3 aromatic carbocycles. The van der Waals surface area contributed by atoms with Crippen molar-refractivity contribution in [2.45, 2.75) is 12.3 Å². The minimum absolute atomic E-state index is 0.0112. The lowest BCUT2D eigenvalue weighted by Gasteiger charge is -2.22. The lowest BCUT2D eigenvalue weighted by atomic mass is 9.85. The predicted octanol–water partition coefficient (Wildman–Crippen LogP) is 3.70. The number of methoxy groups -OCH3 is 3. The zero-order valence-corrected chi connectivity index (χ0v) is 20.5. The van der Waals surface area contributed by atoms with Gasteiger partial charge in [0.15, 0.2) is 17.3 Å². The minimum atomic E-state index is -1.04. The average Bonchev–Trinajstić information content (AvgIpc) is 2.90. The summed E-state index contributed by atoms with van der Waals surface area (Å²) in [6.07, 6.45) is -0.341. The van der Waals surface area contributed by atoms with Gasteiger partial charge in [0.1, 0.15) is 34.0 Å². The molecule has 0 aliphatic heterocycles. The van der Waals surface area contributed by atoms with Gasteiger partial charge < -0.3 is 44.2 Å². The minimum Gasteiger partial charge on any atom is -0.507 e. The Kier molecular flexibility index (Phi) is 6.94. The second-order valence-electron chi connectivity index (χ2n) is 8.29. The van der Waals surface area contributed by atoms with Crippen LogP contribution in [0.5, 0.6) is 40.2 Å². The van der Waals surface area contributed by atoms with Crippen LogP contribution in [0.3, 0.4) is 0 Å². The first-order chi connectivity index (χ1) is 18.1. The number of hydrogen-bond donors (Lipinski definition) is 5. The van der Waals surface area contributed by atoms with E-state index in [1.165, 1.54) is 27.4 Å². The van der Waals surface area contributed by atoms with Gasteiger partial charge >= 0.3 is 5.97 Å². The average molecular weight is 524 g/mol. The molecule has 0 bridgehead atoms. The third kappa shape index (κ3) is 4.45. The van der Waals surface area contributed by atoms with Gasteiger partial charge in [0.2, 0.25) is 11.2 Å². The van der Waals surface area contributed by atoms with Gasteiger partial charge in [-0.3, -0.25) is 9.59 Å². The van der Waals surface area contributed by atoms with Crippen LogP contribution in [0.2, 0.25) is 0 Å². The monoisotopic (exact) mass is 524 g/mol. The molecule has 0 amide bonds. The Morgan fingerprint density at radius 1 is 0.868 bits per heavy atom. The maximum absolute atomic E-state index is 13.2. The van der Waals surface area contributed by atoms with Gasteiger partial charge in [-0.15, -0.1) is 0 Å². The molecule has 0 aliphatic carbocycles. The molecule has 38 heavy (non-hydrogen) atoms. The quantitative estimate of drug-likeness (QED) is 0.176. The predicted molar refractivity (Wildman–Crippen MR) is 134 cm³/mol. The number of phenolic OH excluding ortho intramolecular Hbond substituents is 4. The summed E-state index contributed by atoms with van der Waals surface area (Å²) in [5.41, 5.74) is -1.04. The number of benzene rings is 3. The van der Waals surface area contributed by atoms with E-state index in [9.17, 15) is 35.1 Å². The Balaban J connectivity index is 2.10. The van der Waals surface area contributed by atoms with Crippen molar-refractivity contribution in [3.05, 3.63) is 63.8 Å². The Morgan fingerprint density at radius 2 is 1.61 bits per heavy atom. The summed E-state index contributed by atoms with van der Waals surface area (Å²) in [6.45, 7) is 0. The molecular formula is C27H24O11. The topological polar surface area (TPSA) is 176 Å². The van der Waals surface area contributed by atoms with Gasteiger partial charge in [0.05, 0.1) is 27.8 Å². The number of aromatic hydroxyl groups is 5. The molecule has 0 radical (unpaired) electrons. The van der Waals surface area contributed by atoms with E-state index in [-0.39, 0.29) is 28.9 Å². The Labute approximate surface area is 215 Å². The molecule has 0 spiro atoms. The smallest absolute Gasteiger partial charge is 0.306 e. The van der Waals surface area contributed by atoms with Crippen molar-refractivity contribution in [1.29, 1.82) is 0 Å². The first-order valence-electron chi connectivity index (χ1n) is 11.2. The molecule has 0 fully saturated rings. The maximum atomic E-state index is 13.2. The zero-order valence-electron chi connectivity index (χ0n) is 20.5. The lowest BCUT2D eigenvalue weighted by Crippen LogP contribution is -2.13. The normalized spacial score (nSPS) is 11.8. The Morgan fingerprint density at radius 3 is 2.24 bits per heavy atom. The maximum Gasteiger partial charge on any atom is 0.306 e. The molecule has 5 N–H and O–H groups in total. The molecular weight excluding hydrogens is 500 g/mol. The number of fused-ring (bicyclic) bond motifs is 1. The zero-order chi connectivity index (χ0) is 27.7. The van der Waals surface area contributed by atoms with E-state index >= 15 is 0 Å². The van der Waals surface area contributed by atoms with Crippen molar-refractivity contribution in [3.8, 4) is 51.6 Å². The van der Waals surface area contributed by atoms with E-state index in [2.05, 4.69) is 0 Å². The molecule has 11 heteroatoms. The molecule has 4 aromatic rings. The highest BCUT2D eigenvalue weighted by Crippen LogP contribution is 2.47. The summed E-state index contributed by atoms with van der Waals surface area (Å²) >= 11 is 0. The number of ether oxygens (including phenoxy) is 3. The van der Waals surface area contributed by atoms with Crippen LogP contribution in [0.25, 0.3) is 22.3 Å². The standard InChI is InChI=1S/C27H24O11/c1-35-13-5-6-14(20(9-13)36-2)15(10-21(32)37-3)22-18(30)11-19(31)23-24(33)25(34)26(38-27(22)23)12-4-7-16(28)17(29)8-12/h4-9,11,15,28-31,34H,10H2,1-3H3/t15-/m0/s1. The number of esters is 1. The van der Waals surface area contributed by atoms with Crippen LogP contribution >= 0.6 is 0 Å². The fourth-order valence-electron chi connectivity index (χ4n) is 4.27. The SMILES string of the molecule is COC(=O)C[C@@H](c1ccc(OC)cc1OC)c1c(O)cc(O)c2c(=O)c(O)c(-c3ccc(O)c(O)c3)oc12. The summed E-state index contributed by atoms with van der Waals surface area (Å²) in [6, 6.07) is 9.12. The van der Waals surface area contributed by atoms with Crippen LogP contribution in [-0.2, 0) is 9.53 Å². The molecule has 0 saturated carbocycles. The summed E-state index contributed by atoms with van der Waals surface area (Å²) < 4.78 is 21.5. The molecule has 0 aliphatic rings. The highest BCUT2D eigenvalue weighted by molar-refractivity contribution is 5.92. The van der Waals surface area contributed by atoms with Crippen LogP contribution in [0.4, 0.5) is 0 Å². The third-order valence-corrected chi connectivity index (χ3v) is 6.14. The lowest BCUT2D eigenvalue weighted by molar-refractivity contribution is -0.140. The summed E-state index contributed by atoms with van der Waals surface area (Å²) in [5.74, 6) is -4.45. The number of rotatable bonds is 7. The van der Waals surface area contributed by atoms with Crippen LogP contribution in [0.1, 0.15) is 23.5 Å². The summed E-state index contributed by atoms with van der Waals surface area (Å²) in [4.78, 5) is 25.7. The van der Waals surface area contributed by atoms with Crippen molar-refractivity contribution in [3.63, 3.8) is 0 Å². The van der Waals surface area contributed by atoms with Crippen LogP contribution in [-0.4, -0.2) is 52.8 Å². The van der Waals surface area contributed by atoms with Gasteiger partial charge in [0, 0.05) is 34.7 Å². The Hall–Kier alpha value is -5.06. The van der Waals surface area contributed by atoms with Crippen LogP contribution < -0.4 is 14.9 Å². The number of carbonyl (C=O) groups excluding carboxylic acids is 1. The second-order valence-corrected chi connectivity index (χ2v) is 8.29. The molecule has 0 saturated heterocycles. The van der Waals surface area contributed by atoms with Gasteiger partial charge in [-0.1, -0.05) is 6.07 Å². The van der Waals surface area contributed by atoms with Crippen molar-refractivity contribution >= 4 is 16.9 Å². The van der Waals surface area contributed by atoms with Crippen molar-refractivity contribution in [2.75, 3.05) is 21.3 Å². The molecule has 1 atom stereocenters. The number of phenols is 4. The van der Waals surface area contributed by atoms with Crippen LogP contribution in [0.15, 0.2) is 51.7 Å². The van der Waals surface area contributed by atoms with E-state index in [0.29, 0.717) is 11.3 Å². The fourth-order valence-corrected chi connectivity index (χ4v) is 4.27. The van der Waals surface area contributed by atoms with E-state index in [0.717, 1.165) is 18.2 Å². The van der Waals surface area contributed by atoms with Gasteiger partial charge in [0.25, 0.3) is 0 Å². The molecule has 1 aromatic heterocycles. The van der Waals surface area contributed by atoms with Gasteiger partial charge in [-0.2, -0.15) is 0 Å². The molecule has 1 heterocycles. The third-order valence-electron chi connectivity index (χ3n) is 6.14. The first kappa shape index (κ1) is 26.0. The fraction of sp³-hybridized carbons (Fsp3) is 0.185. The van der Waals surface area contributed by atoms with Crippen LogP contribution in [0, 0.1) is 0 Å². The van der Waals surface area contributed by atoms with Crippen molar-refractivity contribution in [2.24, 2.45) is 0 Å². The molecule has 198 valence electrons. The molecule has 0 unspecified atom stereocenters. The van der Waals surface area contributed by atoms with E-state index in [1.807, 2.05) is 0 Å². The van der Waals surface area contributed by atoms with E-state index < -0.39 is 57.2 Å². The largest absolute Gasteiger partial charge is 0.507 e. The number of carbonyl (C=O) groups is 1. The summed E-state index contributed by atoms with van der Waals surface area (Å²) in [5, 5.41) is 51.3. The van der Waals surface area contributed by atoms with Gasteiger partial charge in [-0.25, -0.2) is 0 Å². The molecule has 11 nitrogen and oxygen atoms in total. The highest BCUT2D eigenvalue weighted by Gasteiger charge is 2.31. The summed E-state index contributed by atoms with van der Waals surface area (Å²) in [7, 11) is 4.05. The second kappa shape index (κ2) is 10.1. The Bertz CT molecular complexity index is 1600. The highest BCUT2D eigenvalue weighted by atomic mass is 16.5. The first-order valence-corrected chi connectivity index (χ1v) is 11.2.